The van der Waals surface area contributed by atoms with Crippen molar-refractivity contribution >= 4 is 33.0 Å². The molecule has 1 heterocycles. The lowest BCUT2D eigenvalue weighted by Gasteiger charge is -2.34. The number of carboxylic acids is 1. The summed E-state index contributed by atoms with van der Waals surface area (Å²) in [4.78, 5) is 15.2. The van der Waals surface area contributed by atoms with Crippen LogP contribution in [0.15, 0.2) is 40.7 Å². The molecule has 1 fully saturated rings. The number of methoxy groups -OCH3 is 1. The van der Waals surface area contributed by atoms with Crippen LogP contribution in [0.2, 0.25) is 0 Å². The molecule has 0 saturated heterocycles. The summed E-state index contributed by atoms with van der Waals surface area (Å²) in [6, 6.07) is 6.59. The number of anilines is 1. The van der Waals surface area contributed by atoms with Gasteiger partial charge in [0.15, 0.2) is 5.03 Å². The summed E-state index contributed by atoms with van der Waals surface area (Å²) in [6.45, 7) is 4.49. The molecule has 2 aromatic carbocycles. The topological polar surface area (TPSA) is 106 Å². The second-order valence-electron chi connectivity index (χ2n) is 9.61. The normalized spacial score (nSPS) is 16.0. The van der Waals surface area contributed by atoms with Crippen molar-refractivity contribution in [3.05, 3.63) is 58.5 Å². The summed E-state index contributed by atoms with van der Waals surface area (Å²) in [5.74, 6) is -3.02. The van der Waals surface area contributed by atoms with Gasteiger partial charge in [-0.1, -0.05) is 19.9 Å². The molecule has 0 radical (unpaired) electrons. The van der Waals surface area contributed by atoms with Crippen molar-refractivity contribution in [2.45, 2.75) is 50.5 Å². The molecule has 4 rings (SSSR count). The van der Waals surface area contributed by atoms with Gasteiger partial charge in [0, 0.05) is 17.0 Å². The average molecular weight is 537 g/mol. The van der Waals surface area contributed by atoms with Gasteiger partial charge >= 0.3 is 5.97 Å². The van der Waals surface area contributed by atoms with Gasteiger partial charge in [-0.3, -0.25) is 4.72 Å². The van der Waals surface area contributed by atoms with Gasteiger partial charge in [-0.25, -0.2) is 18.6 Å². The number of nitrogens with one attached hydrogen (secondary N) is 1. The first-order valence-corrected chi connectivity index (χ1v) is 13.7. The van der Waals surface area contributed by atoms with Crippen LogP contribution in [0, 0.1) is 17.0 Å². The number of aromatic nitrogens is 1. The highest BCUT2D eigenvalue weighted by Crippen LogP contribution is 2.43. The highest BCUT2D eigenvalue weighted by Gasteiger charge is 2.28. The molecular formula is C25H26F2N2O5S2. The molecule has 0 spiro atoms. The fraction of sp³-hybridized carbons (Fsp3) is 0.360. The van der Waals surface area contributed by atoms with Gasteiger partial charge in [0.25, 0.3) is 10.0 Å². The Bertz CT molecular complexity index is 1410. The molecule has 7 nitrogen and oxygen atoms in total. The Labute approximate surface area is 212 Å². The number of aromatic carboxylic acids is 1. The van der Waals surface area contributed by atoms with Gasteiger partial charge in [0.05, 0.1) is 18.4 Å². The third-order valence-electron chi connectivity index (χ3n) is 6.56. The number of carbonyl (C=O) groups is 1. The standard InChI is InChI=1S/C25H26F2N2O5S2/c1-25(2)8-6-14(7-9-25)15-4-5-16(18(26)10-15)23-28-22(13-35-23)36(32,33)29-20-12-19(27)17(24(30)31)11-21(20)34-3/h4-5,10-14,29H,6-9H2,1-3H3,(H,30,31). The second kappa shape index (κ2) is 9.78. The number of ether oxygens (including phenoxy) is 1. The van der Waals surface area contributed by atoms with Crippen LogP contribution in [-0.4, -0.2) is 31.6 Å². The minimum Gasteiger partial charge on any atom is -0.495 e. The van der Waals surface area contributed by atoms with Gasteiger partial charge in [-0.15, -0.1) is 11.3 Å². The molecule has 11 heteroatoms. The zero-order valence-electron chi connectivity index (χ0n) is 20.0. The van der Waals surface area contributed by atoms with E-state index in [0.29, 0.717) is 11.3 Å². The Kier molecular flexibility index (Phi) is 7.07. The van der Waals surface area contributed by atoms with Crippen molar-refractivity contribution in [2.24, 2.45) is 5.41 Å². The van der Waals surface area contributed by atoms with E-state index in [2.05, 4.69) is 23.6 Å². The predicted octanol–water partition coefficient (Wildman–Crippen LogP) is 6.28. The van der Waals surface area contributed by atoms with Crippen molar-refractivity contribution < 1.29 is 31.8 Å². The van der Waals surface area contributed by atoms with Crippen LogP contribution < -0.4 is 9.46 Å². The summed E-state index contributed by atoms with van der Waals surface area (Å²) in [7, 11) is -3.11. The molecule has 1 aliphatic carbocycles. The largest absolute Gasteiger partial charge is 0.495 e. The number of carboxylic acid groups (broad SMARTS) is 1. The maximum atomic E-state index is 15.0. The SMILES string of the molecule is COc1cc(C(=O)O)c(F)cc1NS(=O)(=O)c1csc(-c2ccc(C3CCC(C)(C)CC3)cc2F)n1. The Morgan fingerprint density at radius 3 is 2.47 bits per heavy atom. The molecule has 1 aromatic heterocycles. The first-order valence-electron chi connectivity index (χ1n) is 11.3. The zero-order chi connectivity index (χ0) is 26.3. The third-order valence-corrected chi connectivity index (χ3v) is 8.83. The molecule has 2 N–H and O–H groups in total. The maximum Gasteiger partial charge on any atom is 0.338 e. The lowest BCUT2D eigenvalue weighted by molar-refractivity contribution is 0.0691. The smallest absolute Gasteiger partial charge is 0.338 e. The maximum absolute atomic E-state index is 15.0. The summed E-state index contributed by atoms with van der Waals surface area (Å²) in [5.41, 5.74) is 0.467. The Balaban J connectivity index is 1.56. The number of sulfonamides is 1. The lowest BCUT2D eigenvalue weighted by Crippen LogP contribution is -2.20. The van der Waals surface area contributed by atoms with Gasteiger partial charge in [0.2, 0.25) is 0 Å². The molecular weight excluding hydrogens is 510 g/mol. The fourth-order valence-electron chi connectivity index (χ4n) is 4.36. The molecule has 0 aliphatic heterocycles. The minimum atomic E-state index is -4.30. The Morgan fingerprint density at radius 1 is 1.17 bits per heavy atom. The van der Waals surface area contributed by atoms with Crippen LogP contribution in [-0.2, 0) is 10.0 Å². The van der Waals surface area contributed by atoms with E-state index in [9.17, 15) is 17.6 Å². The molecule has 0 bridgehead atoms. The highest BCUT2D eigenvalue weighted by molar-refractivity contribution is 7.92. The fourth-order valence-corrected chi connectivity index (χ4v) is 6.54. The van der Waals surface area contributed by atoms with E-state index in [1.807, 2.05) is 6.07 Å². The van der Waals surface area contributed by atoms with Crippen molar-refractivity contribution in [1.29, 1.82) is 0 Å². The number of rotatable bonds is 7. The number of nitrogens with zero attached hydrogens (tertiary/aromatic N) is 1. The van der Waals surface area contributed by atoms with Crippen LogP contribution in [0.3, 0.4) is 0 Å². The van der Waals surface area contributed by atoms with Crippen molar-refractivity contribution in [3.8, 4) is 16.3 Å². The number of halogens is 2. The molecule has 1 saturated carbocycles. The van der Waals surface area contributed by atoms with Gasteiger partial charge in [-0.05, 0) is 60.8 Å². The number of thiazole rings is 1. The van der Waals surface area contributed by atoms with E-state index < -0.39 is 33.2 Å². The monoisotopic (exact) mass is 536 g/mol. The predicted molar refractivity (Wildman–Crippen MR) is 133 cm³/mol. The van der Waals surface area contributed by atoms with Crippen LogP contribution in [0.4, 0.5) is 14.5 Å². The molecule has 0 unspecified atom stereocenters. The van der Waals surface area contributed by atoms with E-state index >= 15 is 4.39 Å². The van der Waals surface area contributed by atoms with E-state index in [0.717, 1.165) is 54.7 Å². The summed E-state index contributed by atoms with van der Waals surface area (Å²) in [5, 5.41) is 10.1. The first kappa shape index (κ1) is 26.0. The van der Waals surface area contributed by atoms with E-state index in [4.69, 9.17) is 9.84 Å². The quantitative estimate of drug-likeness (QED) is 0.368. The van der Waals surface area contributed by atoms with Gasteiger partial charge < -0.3 is 9.84 Å². The van der Waals surface area contributed by atoms with E-state index in [-0.39, 0.29) is 27.0 Å². The van der Waals surface area contributed by atoms with E-state index in [1.165, 1.54) is 18.6 Å². The van der Waals surface area contributed by atoms with Gasteiger partial charge in [-0.2, -0.15) is 8.42 Å². The lowest BCUT2D eigenvalue weighted by atomic mass is 9.71. The molecule has 1 aliphatic rings. The number of benzene rings is 2. The summed E-state index contributed by atoms with van der Waals surface area (Å²) >= 11 is 0.962. The van der Waals surface area contributed by atoms with Crippen molar-refractivity contribution in [2.75, 3.05) is 11.8 Å². The summed E-state index contributed by atoms with van der Waals surface area (Å²) < 4.78 is 62.1. The molecule has 0 atom stereocenters. The minimum absolute atomic E-state index is 0.180. The number of hydrogen-bond donors (Lipinski definition) is 2. The van der Waals surface area contributed by atoms with Crippen molar-refractivity contribution in [3.63, 3.8) is 0 Å². The van der Waals surface area contributed by atoms with Crippen LogP contribution >= 0.6 is 11.3 Å². The van der Waals surface area contributed by atoms with Crippen LogP contribution in [0.5, 0.6) is 5.75 Å². The molecule has 192 valence electrons. The Morgan fingerprint density at radius 2 is 1.86 bits per heavy atom. The second-order valence-corrected chi connectivity index (χ2v) is 12.1. The van der Waals surface area contributed by atoms with Gasteiger partial charge in [0.1, 0.15) is 22.4 Å². The molecule has 0 amide bonds. The van der Waals surface area contributed by atoms with Crippen molar-refractivity contribution in [1.82, 2.24) is 4.98 Å². The van der Waals surface area contributed by atoms with Crippen LogP contribution in [0.25, 0.3) is 10.6 Å². The zero-order valence-corrected chi connectivity index (χ0v) is 21.6. The third kappa shape index (κ3) is 5.36. The average Bonchev–Trinajstić information content (AvgIpc) is 3.30. The van der Waals surface area contributed by atoms with E-state index in [1.54, 1.807) is 6.07 Å². The number of hydrogen-bond acceptors (Lipinski definition) is 6. The first-order chi connectivity index (χ1) is 16.9. The Hall–Kier alpha value is -3.05. The van der Waals surface area contributed by atoms with Crippen LogP contribution in [0.1, 0.15) is 61.4 Å². The molecule has 3 aromatic rings. The molecule has 36 heavy (non-hydrogen) atoms. The summed E-state index contributed by atoms with van der Waals surface area (Å²) in [6.07, 6.45) is 4.15. The highest BCUT2D eigenvalue weighted by atomic mass is 32.2.